The number of hydrogen-bond acceptors (Lipinski definition) is 5. The smallest absolute Gasteiger partial charge is 0.311 e. The third kappa shape index (κ3) is 3.90. The molecule has 0 N–H and O–H groups in total. The zero-order chi connectivity index (χ0) is 20.6. The standard InChI is InChI=1S/C19H18Cl3N3O3/c1-9-12(10(2)23-18-16(9)19(27-4)24-25(18)3)5-6-15(26)28-17-13(21)7-11(20)8-14(17)22/h7-8H,5-6H2,1-4H3. The molecule has 9 heteroatoms. The molecular weight excluding hydrogens is 425 g/mol. The molecule has 0 spiro atoms. The van der Waals surface area contributed by atoms with Crippen molar-refractivity contribution in [2.75, 3.05) is 7.11 Å². The molecule has 148 valence electrons. The van der Waals surface area contributed by atoms with Crippen molar-refractivity contribution in [1.29, 1.82) is 0 Å². The van der Waals surface area contributed by atoms with Gasteiger partial charge in [0.2, 0.25) is 5.88 Å². The van der Waals surface area contributed by atoms with Crippen LogP contribution in [0.5, 0.6) is 11.6 Å². The van der Waals surface area contributed by atoms with E-state index in [9.17, 15) is 4.79 Å². The Bertz CT molecular complexity index is 1060. The summed E-state index contributed by atoms with van der Waals surface area (Å²) in [5, 5.41) is 5.90. The van der Waals surface area contributed by atoms with Gasteiger partial charge in [-0.05, 0) is 43.5 Å². The van der Waals surface area contributed by atoms with Crippen LogP contribution in [-0.2, 0) is 18.3 Å². The first-order valence-corrected chi connectivity index (χ1v) is 9.58. The van der Waals surface area contributed by atoms with Crippen LogP contribution in [0, 0.1) is 13.8 Å². The summed E-state index contributed by atoms with van der Waals surface area (Å²) in [6.07, 6.45) is 0.576. The van der Waals surface area contributed by atoms with Crippen LogP contribution in [-0.4, -0.2) is 27.8 Å². The number of methoxy groups -OCH3 is 1. The summed E-state index contributed by atoms with van der Waals surface area (Å²) in [6, 6.07) is 2.94. The Morgan fingerprint density at radius 3 is 2.43 bits per heavy atom. The van der Waals surface area contributed by atoms with Crippen LogP contribution >= 0.6 is 34.8 Å². The molecule has 1 aromatic carbocycles. The van der Waals surface area contributed by atoms with Crippen LogP contribution in [0.3, 0.4) is 0 Å². The minimum atomic E-state index is -0.455. The van der Waals surface area contributed by atoms with Crippen LogP contribution < -0.4 is 9.47 Å². The number of pyridine rings is 1. The largest absolute Gasteiger partial charge is 0.479 e. The fraction of sp³-hybridized carbons (Fsp3) is 0.316. The highest BCUT2D eigenvalue weighted by atomic mass is 35.5. The number of aromatic nitrogens is 3. The molecule has 0 amide bonds. The molecule has 0 aliphatic rings. The second-order valence-electron chi connectivity index (χ2n) is 6.30. The SMILES string of the molecule is COc1nn(C)c2nc(C)c(CCC(=O)Oc3c(Cl)cc(Cl)cc3Cl)c(C)c12. The molecular formula is C19H18Cl3N3O3. The van der Waals surface area contributed by atoms with Crippen LogP contribution in [0.2, 0.25) is 15.1 Å². The predicted molar refractivity (Wildman–Crippen MR) is 110 cm³/mol. The van der Waals surface area contributed by atoms with E-state index in [0.717, 1.165) is 27.9 Å². The number of esters is 1. The van der Waals surface area contributed by atoms with Gasteiger partial charge in [-0.25, -0.2) is 9.67 Å². The Morgan fingerprint density at radius 2 is 1.82 bits per heavy atom. The molecule has 2 heterocycles. The minimum Gasteiger partial charge on any atom is -0.479 e. The maximum absolute atomic E-state index is 12.4. The lowest BCUT2D eigenvalue weighted by Crippen LogP contribution is -2.11. The van der Waals surface area contributed by atoms with Crippen molar-refractivity contribution in [3.8, 4) is 11.6 Å². The molecule has 0 unspecified atom stereocenters. The van der Waals surface area contributed by atoms with E-state index in [2.05, 4.69) is 10.1 Å². The van der Waals surface area contributed by atoms with E-state index < -0.39 is 5.97 Å². The monoisotopic (exact) mass is 441 g/mol. The van der Waals surface area contributed by atoms with Gasteiger partial charge in [-0.1, -0.05) is 34.8 Å². The molecule has 6 nitrogen and oxygen atoms in total. The van der Waals surface area contributed by atoms with Gasteiger partial charge < -0.3 is 9.47 Å². The van der Waals surface area contributed by atoms with Crippen molar-refractivity contribution in [2.45, 2.75) is 26.7 Å². The van der Waals surface area contributed by atoms with Crippen LogP contribution in [0.25, 0.3) is 11.0 Å². The zero-order valence-electron chi connectivity index (χ0n) is 15.8. The Hall–Kier alpha value is -2.02. The molecule has 0 radical (unpaired) electrons. The van der Waals surface area contributed by atoms with Crippen molar-refractivity contribution in [3.05, 3.63) is 44.0 Å². The number of rotatable bonds is 5. The molecule has 0 fully saturated rings. The third-order valence-electron chi connectivity index (χ3n) is 4.47. The number of aryl methyl sites for hydroxylation is 3. The lowest BCUT2D eigenvalue weighted by molar-refractivity contribution is -0.134. The number of carbonyl (C=O) groups excluding carboxylic acids is 1. The number of fused-ring (bicyclic) bond motifs is 1. The second-order valence-corrected chi connectivity index (χ2v) is 7.56. The van der Waals surface area contributed by atoms with E-state index in [1.165, 1.54) is 12.1 Å². The highest BCUT2D eigenvalue weighted by Crippen LogP contribution is 2.36. The average molecular weight is 443 g/mol. The number of hydrogen-bond donors (Lipinski definition) is 0. The summed E-state index contributed by atoms with van der Waals surface area (Å²) in [5.41, 5.74) is 3.48. The molecule has 0 aliphatic carbocycles. The highest BCUT2D eigenvalue weighted by molar-refractivity contribution is 6.40. The van der Waals surface area contributed by atoms with Gasteiger partial charge in [0.15, 0.2) is 11.4 Å². The number of ether oxygens (including phenoxy) is 2. The van der Waals surface area contributed by atoms with E-state index in [-0.39, 0.29) is 22.2 Å². The Morgan fingerprint density at radius 1 is 1.18 bits per heavy atom. The Kier molecular flexibility index (Phi) is 6.03. The zero-order valence-corrected chi connectivity index (χ0v) is 18.0. The van der Waals surface area contributed by atoms with Gasteiger partial charge in [-0.15, -0.1) is 5.10 Å². The molecule has 0 saturated heterocycles. The fourth-order valence-electron chi connectivity index (χ4n) is 3.13. The van der Waals surface area contributed by atoms with Crippen LogP contribution in [0.15, 0.2) is 12.1 Å². The lowest BCUT2D eigenvalue weighted by atomic mass is 10.0. The van der Waals surface area contributed by atoms with Gasteiger partial charge in [0.1, 0.15) is 0 Å². The van der Waals surface area contributed by atoms with Gasteiger partial charge in [-0.2, -0.15) is 0 Å². The van der Waals surface area contributed by atoms with E-state index in [4.69, 9.17) is 44.3 Å². The number of nitrogens with zero attached hydrogens (tertiary/aromatic N) is 3. The molecule has 0 aliphatic heterocycles. The van der Waals surface area contributed by atoms with Crippen molar-refractivity contribution in [1.82, 2.24) is 14.8 Å². The molecule has 28 heavy (non-hydrogen) atoms. The van der Waals surface area contributed by atoms with Gasteiger partial charge >= 0.3 is 5.97 Å². The van der Waals surface area contributed by atoms with Gasteiger partial charge in [0, 0.05) is 17.8 Å². The lowest BCUT2D eigenvalue weighted by Gasteiger charge is -2.12. The second kappa shape index (κ2) is 8.15. The minimum absolute atomic E-state index is 0.105. The first-order valence-electron chi connectivity index (χ1n) is 8.45. The Labute approximate surface area is 177 Å². The molecule has 0 saturated carbocycles. The fourth-order valence-corrected chi connectivity index (χ4v) is 4.02. The van der Waals surface area contributed by atoms with Gasteiger partial charge in [-0.3, -0.25) is 4.79 Å². The predicted octanol–water partition coefficient (Wildman–Crippen LogP) is 5.09. The van der Waals surface area contributed by atoms with Crippen LogP contribution in [0.1, 0.15) is 23.2 Å². The highest BCUT2D eigenvalue weighted by Gasteiger charge is 2.19. The summed E-state index contributed by atoms with van der Waals surface area (Å²) >= 11 is 18.0. The maximum Gasteiger partial charge on any atom is 0.311 e. The molecule has 3 aromatic rings. The summed E-state index contributed by atoms with van der Waals surface area (Å²) in [5.74, 6) is 0.155. The van der Waals surface area contributed by atoms with Crippen molar-refractivity contribution in [3.63, 3.8) is 0 Å². The normalized spacial score (nSPS) is 11.1. The van der Waals surface area contributed by atoms with E-state index in [1.54, 1.807) is 11.8 Å². The van der Waals surface area contributed by atoms with E-state index in [0.29, 0.717) is 17.3 Å². The first-order chi connectivity index (χ1) is 13.2. The number of carbonyl (C=O) groups is 1. The summed E-state index contributed by atoms with van der Waals surface area (Å²) < 4.78 is 12.4. The molecule has 0 atom stereocenters. The van der Waals surface area contributed by atoms with Crippen molar-refractivity contribution >= 4 is 51.8 Å². The van der Waals surface area contributed by atoms with E-state index >= 15 is 0 Å². The van der Waals surface area contributed by atoms with Gasteiger partial charge in [0.25, 0.3) is 0 Å². The summed E-state index contributed by atoms with van der Waals surface area (Å²) in [7, 11) is 3.38. The van der Waals surface area contributed by atoms with Gasteiger partial charge in [0.05, 0.1) is 29.0 Å². The molecule has 0 bridgehead atoms. The first kappa shape index (κ1) is 20.7. The molecule has 2 aromatic heterocycles. The Balaban J connectivity index is 1.83. The topological polar surface area (TPSA) is 66.2 Å². The average Bonchev–Trinajstić information content (AvgIpc) is 2.94. The van der Waals surface area contributed by atoms with E-state index in [1.807, 2.05) is 20.9 Å². The number of halogens is 3. The van der Waals surface area contributed by atoms with Crippen molar-refractivity contribution in [2.24, 2.45) is 7.05 Å². The maximum atomic E-state index is 12.4. The van der Waals surface area contributed by atoms with Crippen LogP contribution in [0.4, 0.5) is 0 Å². The number of benzene rings is 1. The third-order valence-corrected chi connectivity index (χ3v) is 5.25. The quantitative estimate of drug-likeness (QED) is 0.406. The molecule has 3 rings (SSSR count). The summed E-state index contributed by atoms with van der Waals surface area (Å²) in [4.78, 5) is 17.0. The van der Waals surface area contributed by atoms with Crippen molar-refractivity contribution < 1.29 is 14.3 Å². The summed E-state index contributed by atoms with van der Waals surface area (Å²) in [6.45, 7) is 3.87.